The minimum absolute atomic E-state index is 0.180. The molecule has 0 bridgehead atoms. The van der Waals surface area contributed by atoms with Crippen molar-refractivity contribution in [2.24, 2.45) is 0 Å². The Hall–Kier alpha value is -1.55. The van der Waals surface area contributed by atoms with Gasteiger partial charge in [-0.15, -0.1) is 0 Å². The van der Waals surface area contributed by atoms with Crippen molar-refractivity contribution in [3.63, 3.8) is 0 Å². The summed E-state index contributed by atoms with van der Waals surface area (Å²) >= 11 is 0. The topological polar surface area (TPSA) is 50.4 Å². The highest BCUT2D eigenvalue weighted by Crippen LogP contribution is 2.13. The fraction of sp³-hybridized carbons (Fsp3) is 0.462. The molecule has 0 saturated heterocycles. The minimum atomic E-state index is -0.525. The van der Waals surface area contributed by atoms with Crippen LogP contribution in [0, 0.1) is 6.92 Å². The minimum Gasteiger partial charge on any atom is -0.481 e. The lowest BCUT2D eigenvalue weighted by Crippen LogP contribution is -2.47. The molecule has 0 heterocycles. The number of amides is 1. The van der Waals surface area contributed by atoms with Crippen LogP contribution in [-0.4, -0.2) is 18.1 Å². The van der Waals surface area contributed by atoms with Crippen molar-refractivity contribution in [1.82, 2.24) is 10.9 Å². The fourth-order valence-electron chi connectivity index (χ4n) is 1.26. The number of nitrogens with one attached hydrogen (secondary N) is 2. The SMILES string of the molecule is Cc1cccc(O[C@@H](C)C(=O)NNC(C)C)c1. The van der Waals surface area contributed by atoms with Gasteiger partial charge < -0.3 is 4.74 Å². The first-order chi connectivity index (χ1) is 7.99. The fourth-order valence-corrected chi connectivity index (χ4v) is 1.26. The molecule has 1 amide bonds. The van der Waals surface area contributed by atoms with E-state index in [1.807, 2.05) is 45.0 Å². The summed E-state index contributed by atoms with van der Waals surface area (Å²) in [6, 6.07) is 7.83. The van der Waals surface area contributed by atoms with E-state index in [0.29, 0.717) is 5.75 Å². The van der Waals surface area contributed by atoms with Gasteiger partial charge in [0.15, 0.2) is 6.10 Å². The number of ether oxygens (including phenoxy) is 1. The summed E-state index contributed by atoms with van der Waals surface area (Å²) in [7, 11) is 0. The molecule has 1 rings (SSSR count). The van der Waals surface area contributed by atoms with E-state index in [1.165, 1.54) is 0 Å². The summed E-state index contributed by atoms with van der Waals surface area (Å²) in [5.41, 5.74) is 6.55. The third-order valence-corrected chi connectivity index (χ3v) is 2.16. The predicted molar refractivity (Wildman–Crippen MR) is 67.7 cm³/mol. The maximum atomic E-state index is 11.6. The number of carbonyl (C=O) groups is 1. The van der Waals surface area contributed by atoms with E-state index in [0.717, 1.165) is 5.56 Å². The van der Waals surface area contributed by atoms with E-state index < -0.39 is 6.10 Å². The predicted octanol–water partition coefficient (Wildman–Crippen LogP) is 1.79. The zero-order valence-electron chi connectivity index (χ0n) is 10.8. The van der Waals surface area contributed by atoms with Crippen molar-refractivity contribution in [2.75, 3.05) is 0 Å². The molecule has 0 saturated carbocycles. The summed E-state index contributed by atoms with van der Waals surface area (Å²) in [6.07, 6.45) is -0.525. The highest BCUT2D eigenvalue weighted by Gasteiger charge is 2.14. The van der Waals surface area contributed by atoms with Gasteiger partial charge in [0.25, 0.3) is 5.91 Å². The number of hydrazine groups is 1. The van der Waals surface area contributed by atoms with Crippen molar-refractivity contribution in [3.8, 4) is 5.75 Å². The molecule has 1 aromatic carbocycles. The van der Waals surface area contributed by atoms with Crippen LogP contribution in [0.5, 0.6) is 5.75 Å². The average molecular weight is 236 g/mol. The molecule has 1 atom stereocenters. The van der Waals surface area contributed by atoms with E-state index in [4.69, 9.17) is 4.74 Å². The second-order valence-corrected chi connectivity index (χ2v) is 4.36. The van der Waals surface area contributed by atoms with Crippen LogP contribution >= 0.6 is 0 Å². The smallest absolute Gasteiger partial charge is 0.274 e. The number of hydrogen-bond acceptors (Lipinski definition) is 3. The van der Waals surface area contributed by atoms with E-state index in [9.17, 15) is 4.79 Å². The Bertz CT molecular complexity index is 377. The van der Waals surface area contributed by atoms with Gasteiger partial charge in [0.05, 0.1) is 0 Å². The Morgan fingerprint density at radius 2 is 2.00 bits per heavy atom. The summed E-state index contributed by atoms with van der Waals surface area (Å²) in [5.74, 6) is 0.525. The normalized spacial score (nSPS) is 12.3. The van der Waals surface area contributed by atoms with Crippen LogP contribution in [0.15, 0.2) is 24.3 Å². The Kier molecular flexibility index (Phi) is 4.97. The van der Waals surface area contributed by atoms with Gasteiger partial charge in [-0.05, 0) is 45.4 Å². The van der Waals surface area contributed by atoms with Gasteiger partial charge in [-0.2, -0.15) is 0 Å². The highest BCUT2D eigenvalue weighted by atomic mass is 16.5. The van der Waals surface area contributed by atoms with Gasteiger partial charge >= 0.3 is 0 Å². The van der Waals surface area contributed by atoms with Crippen LogP contribution in [0.1, 0.15) is 26.3 Å². The first-order valence-electron chi connectivity index (χ1n) is 5.77. The number of aryl methyl sites for hydroxylation is 1. The summed E-state index contributed by atoms with van der Waals surface area (Å²) in [4.78, 5) is 11.6. The Morgan fingerprint density at radius 1 is 1.29 bits per heavy atom. The lowest BCUT2D eigenvalue weighted by molar-refractivity contribution is -0.128. The molecule has 0 radical (unpaired) electrons. The summed E-state index contributed by atoms with van der Waals surface area (Å²) in [6.45, 7) is 7.61. The molecule has 2 N–H and O–H groups in total. The van der Waals surface area contributed by atoms with Crippen LogP contribution in [0.3, 0.4) is 0 Å². The molecule has 17 heavy (non-hydrogen) atoms. The zero-order valence-corrected chi connectivity index (χ0v) is 10.8. The standard InChI is InChI=1S/C13H20N2O2/c1-9(2)14-15-13(16)11(4)17-12-7-5-6-10(3)8-12/h5-9,11,14H,1-4H3,(H,15,16)/t11-/m0/s1. The van der Waals surface area contributed by atoms with Crippen LogP contribution in [0.25, 0.3) is 0 Å². The van der Waals surface area contributed by atoms with Gasteiger partial charge in [-0.25, -0.2) is 5.43 Å². The van der Waals surface area contributed by atoms with E-state index in [1.54, 1.807) is 6.92 Å². The Labute approximate surface area is 102 Å². The zero-order chi connectivity index (χ0) is 12.8. The molecule has 4 nitrogen and oxygen atoms in total. The Morgan fingerprint density at radius 3 is 2.59 bits per heavy atom. The van der Waals surface area contributed by atoms with Crippen molar-refractivity contribution in [2.45, 2.75) is 39.8 Å². The van der Waals surface area contributed by atoms with Crippen LogP contribution in [0.2, 0.25) is 0 Å². The average Bonchev–Trinajstić information content (AvgIpc) is 2.25. The molecule has 0 aliphatic rings. The molecule has 0 aliphatic heterocycles. The second-order valence-electron chi connectivity index (χ2n) is 4.36. The summed E-state index contributed by atoms with van der Waals surface area (Å²) < 4.78 is 5.54. The molecule has 0 fully saturated rings. The third-order valence-electron chi connectivity index (χ3n) is 2.16. The van der Waals surface area contributed by atoms with Gasteiger partial charge in [0, 0.05) is 6.04 Å². The number of hydrogen-bond donors (Lipinski definition) is 2. The van der Waals surface area contributed by atoms with E-state index in [-0.39, 0.29) is 11.9 Å². The van der Waals surface area contributed by atoms with Crippen LogP contribution in [-0.2, 0) is 4.79 Å². The van der Waals surface area contributed by atoms with Crippen LogP contribution in [0.4, 0.5) is 0 Å². The van der Waals surface area contributed by atoms with Crippen molar-refractivity contribution in [1.29, 1.82) is 0 Å². The quantitative estimate of drug-likeness (QED) is 0.766. The summed E-state index contributed by atoms with van der Waals surface area (Å²) in [5, 5.41) is 0. The van der Waals surface area contributed by atoms with Gasteiger partial charge in [-0.3, -0.25) is 10.2 Å². The van der Waals surface area contributed by atoms with Crippen molar-refractivity contribution >= 4 is 5.91 Å². The molecule has 1 aromatic rings. The molecular formula is C13H20N2O2. The molecule has 94 valence electrons. The highest BCUT2D eigenvalue weighted by molar-refractivity contribution is 5.80. The van der Waals surface area contributed by atoms with Gasteiger partial charge in [0.2, 0.25) is 0 Å². The molecule has 0 spiro atoms. The first kappa shape index (κ1) is 13.5. The van der Waals surface area contributed by atoms with E-state index in [2.05, 4.69) is 10.9 Å². The van der Waals surface area contributed by atoms with E-state index >= 15 is 0 Å². The maximum absolute atomic E-state index is 11.6. The molecule has 0 aromatic heterocycles. The number of benzene rings is 1. The van der Waals surface area contributed by atoms with Gasteiger partial charge in [0.1, 0.15) is 5.75 Å². The van der Waals surface area contributed by atoms with Crippen molar-refractivity contribution in [3.05, 3.63) is 29.8 Å². The molecule has 0 aliphatic carbocycles. The monoisotopic (exact) mass is 236 g/mol. The number of rotatable bonds is 5. The van der Waals surface area contributed by atoms with Crippen molar-refractivity contribution < 1.29 is 9.53 Å². The molecule has 4 heteroatoms. The number of carbonyl (C=O) groups excluding carboxylic acids is 1. The largest absolute Gasteiger partial charge is 0.481 e. The third kappa shape index (κ3) is 4.87. The second kappa shape index (κ2) is 6.25. The lowest BCUT2D eigenvalue weighted by Gasteiger charge is -2.16. The lowest BCUT2D eigenvalue weighted by atomic mass is 10.2. The first-order valence-corrected chi connectivity index (χ1v) is 5.77. The molecule has 0 unspecified atom stereocenters. The van der Waals surface area contributed by atoms with Crippen LogP contribution < -0.4 is 15.6 Å². The Balaban J connectivity index is 2.48. The molecular weight excluding hydrogens is 216 g/mol. The maximum Gasteiger partial charge on any atom is 0.274 e. The van der Waals surface area contributed by atoms with Gasteiger partial charge in [-0.1, -0.05) is 12.1 Å².